The van der Waals surface area contributed by atoms with Crippen molar-refractivity contribution in [3.63, 3.8) is 0 Å². The molecule has 4 nitrogen and oxygen atoms in total. The lowest BCUT2D eigenvalue weighted by atomic mass is 10.1. The summed E-state index contributed by atoms with van der Waals surface area (Å²) in [4.78, 5) is 9.43. The Morgan fingerprint density at radius 2 is 1.73 bits per heavy atom. The van der Waals surface area contributed by atoms with Crippen LogP contribution >= 0.6 is 0 Å². The fourth-order valence-electron chi connectivity index (χ4n) is 4.19. The normalized spacial score (nSPS) is 13.9. The number of hydrogen-bond acceptors (Lipinski definition) is 4. The van der Waals surface area contributed by atoms with E-state index >= 15 is 0 Å². The maximum absolute atomic E-state index is 5.21. The van der Waals surface area contributed by atoms with Crippen molar-refractivity contribution >= 4 is 28.6 Å². The Labute approximate surface area is 245 Å². The minimum Gasteiger partial charge on any atom is -0.340 e. The smallest absolute Gasteiger partial charge is 0.154 e. The molecule has 0 spiro atoms. The van der Waals surface area contributed by atoms with Crippen LogP contribution in [-0.2, 0) is 0 Å². The quantitative estimate of drug-likeness (QED) is 0.150. The van der Waals surface area contributed by atoms with Crippen molar-refractivity contribution in [2.75, 3.05) is 11.9 Å². The highest BCUT2D eigenvalue weighted by atomic mass is 15.0. The average Bonchev–Trinajstić information content (AvgIpc) is 3.80. The number of allylic oxidation sites excluding steroid dienone is 6. The second kappa shape index (κ2) is 20.9. The molecule has 0 unspecified atom stereocenters. The minimum absolute atomic E-state index is 0.692. The summed E-state index contributed by atoms with van der Waals surface area (Å²) in [7, 11) is 0. The first-order valence-corrected chi connectivity index (χ1v) is 15.4. The van der Waals surface area contributed by atoms with Crippen LogP contribution in [0.25, 0.3) is 10.8 Å². The molecule has 0 bridgehead atoms. The van der Waals surface area contributed by atoms with Gasteiger partial charge in [0.15, 0.2) is 5.82 Å². The molecule has 0 amide bonds. The van der Waals surface area contributed by atoms with Gasteiger partial charge in [-0.05, 0) is 87.6 Å². The monoisotopic (exact) mass is 544 g/mol. The minimum atomic E-state index is 0.692. The molecular formula is C36H56N4. The van der Waals surface area contributed by atoms with Crippen LogP contribution in [0.4, 0.5) is 11.6 Å². The molecule has 3 N–H and O–H groups in total. The molecule has 0 aliphatic heterocycles. The summed E-state index contributed by atoms with van der Waals surface area (Å²) in [6.45, 7) is 20.1. The van der Waals surface area contributed by atoms with Gasteiger partial charge in [-0.3, -0.25) is 0 Å². The maximum atomic E-state index is 5.21. The molecule has 3 rings (SSSR count). The van der Waals surface area contributed by atoms with E-state index in [0.717, 1.165) is 46.7 Å². The van der Waals surface area contributed by atoms with Crippen molar-refractivity contribution in [2.24, 2.45) is 16.6 Å². The van der Waals surface area contributed by atoms with Gasteiger partial charge < -0.3 is 11.1 Å². The third kappa shape index (κ3) is 13.9. The second-order valence-corrected chi connectivity index (χ2v) is 10.5. The van der Waals surface area contributed by atoms with Crippen LogP contribution in [0, 0.1) is 5.92 Å². The van der Waals surface area contributed by atoms with Crippen LogP contribution in [0.1, 0.15) is 106 Å². The molecule has 220 valence electrons. The van der Waals surface area contributed by atoms with E-state index in [2.05, 4.69) is 88.8 Å². The Morgan fingerprint density at radius 3 is 2.25 bits per heavy atom. The molecule has 1 aromatic heterocycles. The van der Waals surface area contributed by atoms with Crippen molar-refractivity contribution in [1.82, 2.24) is 4.98 Å². The van der Waals surface area contributed by atoms with Crippen LogP contribution in [0.3, 0.4) is 0 Å². The Hall–Kier alpha value is -2.98. The van der Waals surface area contributed by atoms with E-state index in [-0.39, 0.29) is 0 Å². The maximum Gasteiger partial charge on any atom is 0.154 e. The number of rotatable bonds is 13. The number of aliphatic imine (C=N–C) groups is 1. The number of fused-ring (bicyclic) bond motifs is 1. The summed E-state index contributed by atoms with van der Waals surface area (Å²) in [5, 5.41) is 5.58. The first-order chi connectivity index (χ1) is 19.3. The van der Waals surface area contributed by atoms with Crippen LogP contribution in [0.2, 0.25) is 0 Å². The van der Waals surface area contributed by atoms with Crippen LogP contribution < -0.4 is 11.1 Å². The van der Waals surface area contributed by atoms with Crippen LogP contribution in [0.15, 0.2) is 82.5 Å². The zero-order valence-corrected chi connectivity index (χ0v) is 26.5. The van der Waals surface area contributed by atoms with Gasteiger partial charge in [0, 0.05) is 17.3 Å². The molecule has 1 aliphatic carbocycles. The highest BCUT2D eigenvalue weighted by Gasteiger charge is 2.22. The Kier molecular flexibility index (Phi) is 18.3. The molecule has 1 aliphatic rings. The first-order valence-electron chi connectivity index (χ1n) is 15.4. The van der Waals surface area contributed by atoms with E-state index in [1.807, 2.05) is 31.3 Å². The van der Waals surface area contributed by atoms with E-state index in [1.54, 1.807) is 0 Å². The van der Waals surface area contributed by atoms with Gasteiger partial charge in [-0.15, -0.1) is 0 Å². The molecule has 1 aromatic carbocycles. The highest BCUT2D eigenvalue weighted by Crippen LogP contribution is 2.36. The summed E-state index contributed by atoms with van der Waals surface area (Å²) in [5.41, 5.74) is 9.90. The van der Waals surface area contributed by atoms with Crippen molar-refractivity contribution < 1.29 is 0 Å². The summed E-state index contributed by atoms with van der Waals surface area (Å²) in [6.07, 6.45) is 19.6. The Bertz CT molecular complexity index is 1130. The Balaban J connectivity index is 0.000000616. The number of benzene rings is 1. The van der Waals surface area contributed by atoms with Gasteiger partial charge in [0.05, 0.1) is 0 Å². The summed E-state index contributed by atoms with van der Waals surface area (Å²) >= 11 is 0. The number of unbranched alkanes of at least 4 members (excludes halogenated alkanes) is 4. The summed E-state index contributed by atoms with van der Waals surface area (Å²) < 4.78 is 0. The van der Waals surface area contributed by atoms with Gasteiger partial charge in [-0.1, -0.05) is 108 Å². The highest BCUT2D eigenvalue weighted by molar-refractivity contribution is 5.94. The number of aromatic nitrogens is 1. The topological polar surface area (TPSA) is 63.3 Å². The molecule has 1 heterocycles. The van der Waals surface area contributed by atoms with Crippen molar-refractivity contribution in [2.45, 2.75) is 106 Å². The zero-order chi connectivity index (χ0) is 29.8. The van der Waals surface area contributed by atoms with Gasteiger partial charge in [0.2, 0.25) is 0 Å². The van der Waals surface area contributed by atoms with E-state index in [0.29, 0.717) is 5.82 Å². The van der Waals surface area contributed by atoms with Gasteiger partial charge in [0.1, 0.15) is 5.82 Å². The molecule has 40 heavy (non-hydrogen) atoms. The van der Waals surface area contributed by atoms with Gasteiger partial charge in [-0.2, -0.15) is 0 Å². The predicted molar refractivity (Wildman–Crippen MR) is 181 cm³/mol. The van der Waals surface area contributed by atoms with E-state index in [9.17, 15) is 0 Å². The van der Waals surface area contributed by atoms with E-state index in [1.165, 1.54) is 62.5 Å². The zero-order valence-electron chi connectivity index (χ0n) is 26.5. The summed E-state index contributed by atoms with van der Waals surface area (Å²) in [6, 6.07) is 10.3. The van der Waals surface area contributed by atoms with Crippen molar-refractivity contribution in [1.29, 1.82) is 0 Å². The third-order valence-corrected chi connectivity index (χ3v) is 6.79. The van der Waals surface area contributed by atoms with E-state index < -0.39 is 0 Å². The van der Waals surface area contributed by atoms with Crippen molar-refractivity contribution in [3.05, 3.63) is 77.6 Å². The first kappa shape index (κ1) is 35.0. The van der Waals surface area contributed by atoms with Gasteiger partial charge in [-0.25, -0.2) is 9.98 Å². The lowest BCUT2D eigenvalue weighted by Crippen LogP contribution is -2.00. The SMILES string of the molecule is C=C(/C=C(\C)C1CC1)Nc1nc(\N=C/C(C)=C(\C=C/C)CC)cc2ccccc12.CCCCC.CCCCCN. The number of nitrogens with two attached hydrogens (primary N) is 1. The fraction of sp³-hybridized carbons (Fsp3) is 0.500. The lowest BCUT2D eigenvalue weighted by molar-refractivity contribution is 0.727. The number of nitrogens with one attached hydrogen (secondary N) is 1. The number of nitrogens with zero attached hydrogens (tertiary/aromatic N) is 2. The lowest BCUT2D eigenvalue weighted by Gasteiger charge is -2.11. The molecule has 0 atom stereocenters. The van der Waals surface area contributed by atoms with Gasteiger partial charge in [0.25, 0.3) is 0 Å². The van der Waals surface area contributed by atoms with Crippen LogP contribution in [0.5, 0.6) is 0 Å². The number of anilines is 1. The molecule has 1 saturated carbocycles. The molecule has 1 fully saturated rings. The molecular weight excluding hydrogens is 488 g/mol. The standard InChI is InChI=1S/C26H31N3.C5H13N.C5H12/c1-6-10-21(7-2)19(4)17-27-25-16-23-11-8-9-12-24(23)26(29-25)28-20(5)15-18(3)22-13-14-22;1-2-3-4-5-6;1-3-5-4-2/h6,8-12,15-17,22H,5,7,13-14H2,1-4H3,(H,28,29);2-6H2,1H3;3-5H2,1-2H3/b10-6-,18-15+,21-19-,27-17-;;. The van der Waals surface area contributed by atoms with Gasteiger partial charge >= 0.3 is 0 Å². The molecule has 0 radical (unpaired) electrons. The third-order valence-electron chi connectivity index (χ3n) is 6.79. The number of hydrogen-bond donors (Lipinski definition) is 2. The number of pyridine rings is 1. The van der Waals surface area contributed by atoms with E-state index in [4.69, 9.17) is 10.7 Å². The second-order valence-electron chi connectivity index (χ2n) is 10.5. The van der Waals surface area contributed by atoms with Crippen molar-refractivity contribution in [3.8, 4) is 0 Å². The fourth-order valence-corrected chi connectivity index (χ4v) is 4.19. The molecule has 2 aromatic rings. The largest absolute Gasteiger partial charge is 0.340 e. The molecule has 0 saturated heterocycles. The Morgan fingerprint density at radius 1 is 1.05 bits per heavy atom. The van der Waals surface area contributed by atoms with Crippen LogP contribution in [-0.4, -0.2) is 17.7 Å². The summed E-state index contributed by atoms with van der Waals surface area (Å²) in [5.74, 6) is 2.22. The molecule has 4 heteroatoms. The average molecular weight is 545 g/mol. The predicted octanol–water partition coefficient (Wildman–Crippen LogP) is 10.9.